The van der Waals surface area contributed by atoms with E-state index in [-0.39, 0.29) is 0 Å². The van der Waals surface area contributed by atoms with Crippen LogP contribution in [0.2, 0.25) is 0 Å². The van der Waals surface area contributed by atoms with Crippen LogP contribution in [0.4, 0.5) is 0 Å². The standard InChI is InChI=1S/C11H17N3S2/c1-8-13-10(7-16-8)6-14-4-2-9(3-5-14)11(12)15/h7,9H,2-6H2,1H3,(H2,12,15). The van der Waals surface area contributed by atoms with Crippen molar-refractivity contribution in [2.75, 3.05) is 13.1 Å². The van der Waals surface area contributed by atoms with Gasteiger partial charge in [0.25, 0.3) is 0 Å². The van der Waals surface area contributed by atoms with Crippen molar-refractivity contribution in [3.05, 3.63) is 16.1 Å². The largest absolute Gasteiger partial charge is 0.393 e. The molecule has 2 N–H and O–H groups in total. The second-order valence-electron chi connectivity index (χ2n) is 4.31. The molecule has 88 valence electrons. The van der Waals surface area contributed by atoms with Crippen molar-refractivity contribution in [1.29, 1.82) is 0 Å². The van der Waals surface area contributed by atoms with E-state index in [2.05, 4.69) is 15.3 Å². The van der Waals surface area contributed by atoms with E-state index in [9.17, 15) is 0 Å². The summed E-state index contributed by atoms with van der Waals surface area (Å²) in [5.41, 5.74) is 6.86. The lowest BCUT2D eigenvalue weighted by atomic mass is 9.97. The third-order valence-electron chi connectivity index (χ3n) is 3.04. The molecule has 1 aromatic heterocycles. The highest BCUT2D eigenvalue weighted by molar-refractivity contribution is 7.80. The quantitative estimate of drug-likeness (QED) is 0.838. The Morgan fingerprint density at radius 3 is 2.81 bits per heavy atom. The molecule has 5 heteroatoms. The lowest BCUT2D eigenvalue weighted by Crippen LogP contribution is -2.37. The molecule has 1 aliphatic heterocycles. The van der Waals surface area contributed by atoms with Crippen LogP contribution in [-0.2, 0) is 6.54 Å². The van der Waals surface area contributed by atoms with Gasteiger partial charge in [0.2, 0.25) is 0 Å². The van der Waals surface area contributed by atoms with Crippen LogP contribution in [0.1, 0.15) is 23.5 Å². The SMILES string of the molecule is Cc1nc(CN2CCC(C(N)=S)CC2)cs1. The number of piperidine rings is 1. The van der Waals surface area contributed by atoms with Crippen molar-refractivity contribution in [1.82, 2.24) is 9.88 Å². The first-order valence-electron chi connectivity index (χ1n) is 5.58. The van der Waals surface area contributed by atoms with Gasteiger partial charge in [0.1, 0.15) is 0 Å². The number of nitrogens with zero attached hydrogens (tertiary/aromatic N) is 2. The summed E-state index contributed by atoms with van der Waals surface area (Å²) in [5.74, 6) is 0.448. The van der Waals surface area contributed by atoms with E-state index in [1.807, 2.05) is 6.92 Å². The Morgan fingerprint density at radius 1 is 1.62 bits per heavy atom. The lowest BCUT2D eigenvalue weighted by Gasteiger charge is -2.30. The third kappa shape index (κ3) is 2.99. The maximum absolute atomic E-state index is 5.67. The molecule has 1 aromatic rings. The Morgan fingerprint density at radius 2 is 2.31 bits per heavy atom. The average molecular weight is 255 g/mol. The minimum absolute atomic E-state index is 0.448. The minimum atomic E-state index is 0.448. The van der Waals surface area contributed by atoms with Crippen LogP contribution in [0.3, 0.4) is 0 Å². The molecular weight excluding hydrogens is 238 g/mol. The predicted octanol–water partition coefficient (Wildman–Crippen LogP) is 1.95. The predicted molar refractivity (Wildman–Crippen MR) is 71.6 cm³/mol. The summed E-state index contributed by atoms with van der Waals surface area (Å²) in [6.45, 7) is 5.18. The van der Waals surface area contributed by atoms with E-state index in [4.69, 9.17) is 18.0 Å². The van der Waals surface area contributed by atoms with Gasteiger partial charge in [-0.2, -0.15) is 0 Å². The molecule has 16 heavy (non-hydrogen) atoms. The van der Waals surface area contributed by atoms with Crippen LogP contribution in [0, 0.1) is 12.8 Å². The van der Waals surface area contributed by atoms with Crippen LogP contribution in [0.25, 0.3) is 0 Å². The molecule has 2 rings (SSSR count). The fourth-order valence-corrected chi connectivity index (χ4v) is 2.93. The number of hydrogen-bond donors (Lipinski definition) is 1. The first kappa shape index (κ1) is 12.0. The van der Waals surface area contributed by atoms with Crippen LogP contribution in [-0.4, -0.2) is 28.0 Å². The topological polar surface area (TPSA) is 42.2 Å². The summed E-state index contributed by atoms with van der Waals surface area (Å²) in [5, 5.41) is 3.29. The third-order valence-corrected chi connectivity index (χ3v) is 4.20. The molecule has 1 saturated heterocycles. The van der Waals surface area contributed by atoms with Crippen molar-refractivity contribution in [3.8, 4) is 0 Å². The van der Waals surface area contributed by atoms with Gasteiger partial charge in [0.05, 0.1) is 15.7 Å². The Kier molecular flexibility index (Phi) is 3.89. The Balaban J connectivity index is 1.83. The van der Waals surface area contributed by atoms with E-state index in [1.54, 1.807) is 11.3 Å². The Hall–Kier alpha value is -0.520. The minimum Gasteiger partial charge on any atom is -0.393 e. The first-order valence-corrected chi connectivity index (χ1v) is 6.86. The highest BCUT2D eigenvalue weighted by Gasteiger charge is 2.21. The van der Waals surface area contributed by atoms with Crippen molar-refractivity contribution in [2.45, 2.75) is 26.3 Å². The van der Waals surface area contributed by atoms with E-state index in [0.717, 1.165) is 37.5 Å². The zero-order valence-corrected chi connectivity index (χ0v) is 11.1. The smallest absolute Gasteiger partial charge is 0.0897 e. The average Bonchev–Trinajstić information content (AvgIpc) is 2.65. The first-order chi connectivity index (χ1) is 7.65. The van der Waals surface area contributed by atoms with Gasteiger partial charge in [-0.05, 0) is 32.9 Å². The number of thiocarbonyl (C=S) groups is 1. The molecule has 0 radical (unpaired) electrons. The number of rotatable bonds is 3. The second kappa shape index (κ2) is 5.21. The summed E-state index contributed by atoms with van der Waals surface area (Å²) in [6.07, 6.45) is 2.19. The fourth-order valence-electron chi connectivity index (χ4n) is 2.09. The van der Waals surface area contributed by atoms with Crippen LogP contribution >= 0.6 is 23.6 Å². The van der Waals surface area contributed by atoms with E-state index >= 15 is 0 Å². The van der Waals surface area contributed by atoms with E-state index in [1.165, 1.54) is 5.69 Å². The number of aryl methyl sites for hydroxylation is 1. The molecule has 1 aliphatic rings. The Bertz CT molecular complexity index is 367. The number of nitrogens with two attached hydrogens (primary N) is 1. The number of aromatic nitrogens is 1. The maximum Gasteiger partial charge on any atom is 0.0897 e. The van der Waals surface area contributed by atoms with Crippen LogP contribution in [0.15, 0.2) is 5.38 Å². The van der Waals surface area contributed by atoms with Gasteiger partial charge in [-0.15, -0.1) is 11.3 Å². The van der Waals surface area contributed by atoms with Gasteiger partial charge in [-0.3, -0.25) is 4.90 Å². The molecule has 1 fully saturated rings. The molecule has 0 aliphatic carbocycles. The lowest BCUT2D eigenvalue weighted by molar-refractivity contribution is 0.200. The highest BCUT2D eigenvalue weighted by atomic mass is 32.1. The van der Waals surface area contributed by atoms with Gasteiger partial charge in [0.15, 0.2) is 0 Å². The van der Waals surface area contributed by atoms with Crippen molar-refractivity contribution in [3.63, 3.8) is 0 Å². The Labute approximate surface area is 106 Å². The molecule has 0 spiro atoms. The second-order valence-corrected chi connectivity index (χ2v) is 5.84. The van der Waals surface area contributed by atoms with Crippen LogP contribution in [0.5, 0.6) is 0 Å². The summed E-state index contributed by atoms with van der Waals surface area (Å²) in [6, 6.07) is 0. The molecule has 2 heterocycles. The summed E-state index contributed by atoms with van der Waals surface area (Å²) < 4.78 is 0. The van der Waals surface area contributed by atoms with Gasteiger partial charge in [0, 0.05) is 17.8 Å². The number of thiazole rings is 1. The molecule has 0 atom stereocenters. The maximum atomic E-state index is 5.67. The molecule has 3 nitrogen and oxygen atoms in total. The fraction of sp³-hybridized carbons (Fsp3) is 0.636. The van der Waals surface area contributed by atoms with Crippen molar-refractivity contribution >= 4 is 28.5 Å². The number of hydrogen-bond acceptors (Lipinski definition) is 4. The summed E-state index contributed by atoms with van der Waals surface area (Å²) in [4.78, 5) is 7.60. The molecule has 0 unspecified atom stereocenters. The number of likely N-dealkylation sites (tertiary alicyclic amines) is 1. The summed E-state index contributed by atoms with van der Waals surface area (Å²) in [7, 11) is 0. The molecule has 0 bridgehead atoms. The van der Waals surface area contributed by atoms with Gasteiger partial charge in [-0.25, -0.2) is 4.98 Å². The van der Waals surface area contributed by atoms with E-state index < -0.39 is 0 Å². The van der Waals surface area contributed by atoms with Crippen molar-refractivity contribution in [2.24, 2.45) is 11.7 Å². The molecule has 0 amide bonds. The highest BCUT2D eigenvalue weighted by Crippen LogP contribution is 2.19. The monoisotopic (exact) mass is 255 g/mol. The normalized spacial score (nSPS) is 18.8. The van der Waals surface area contributed by atoms with E-state index in [0.29, 0.717) is 10.9 Å². The molecule has 0 aromatic carbocycles. The van der Waals surface area contributed by atoms with Crippen LogP contribution < -0.4 is 5.73 Å². The van der Waals surface area contributed by atoms with Gasteiger partial charge in [-0.1, -0.05) is 12.2 Å². The molecule has 0 saturated carbocycles. The zero-order chi connectivity index (χ0) is 11.5. The molecular formula is C11H17N3S2. The summed E-state index contributed by atoms with van der Waals surface area (Å²) >= 11 is 6.76. The van der Waals surface area contributed by atoms with Gasteiger partial charge >= 0.3 is 0 Å². The van der Waals surface area contributed by atoms with Gasteiger partial charge < -0.3 is 5.73 Å². The zero-order valence-electron chi connectivity index (χ0n) is 9.48. The van der Waals surface area contributed by atoms with Crippen molar-refractivity contribution < 1.29 is 0 Å².